The molecule has 2 heterocycles. The van der Waals surface area contributed by atoms with Crippen LogP contribution in [0.1, 0.15) is 12.8 Å². The summed E-state index contributed by atoms with van der Waals surface area (Å²) in [4.78, 5) is 26.9. The molecule has 0 radical (unpaired) electrons. The van der Waals surface area contributed by atoms with Crippen molar-refractivity contribution in [3.05, 3.63) is 23.5 Å². The lowest BCUT2D eigenvalue weighted by atomic mass is 10.2. The maximum atomic E-state index is 11.6. The molecular formula is C12H13ClN2O4. The minimum atomic E-state index is -0.547. The van der Waals surface area contributed by atoms with Crippen LogP contribution >= 0.6 is 11.6 Å². The van der Waals surface area contributed by atoms with Crippen molar-refractivity contribution in [1.82, 2.24) is 4.98 Å². The fraction of sp³-hybridized carbons (Fsp3) is 0.417. The number of rotatable bonds is 4. The molecule has 1 atom stereocenters. The van der Waals surface area contributed by atoms with Crippen molar-refractivity contribution in [2.24, 2.45) is 0 Å². The Balaban J connectivity index is 1.78. The second-order valence-corrected chi connectivity index (χ2v) is 4.36. The number of nitrogens with zero attached hydrogens (tertiary/aromatic N) is 1. The van der Waals surface area contributed by atoms with Gasteiger partial charge in [-0.2, -0.15) is 0 Å². The summed E-state index contributed by atoms with van der Waals surface area (Å²) in [6, 6.07) is 3.25. The maximum Gasteiger partial charge on any atom is 0.335 e. The van der Waals surface area contributed by atoms with E-state index < -0.39 is 18.0 Å². The molecule has 1 fully saturated rings. The number of carbonyl (C=O) groups excluding carboxylic acids is 2. The van der Waals surface area contributed by atoms with Gasteiger partial charge in [-0.3, -0.25) is 4.79 Å². The van der Waals surface area contributed by atoms with Gasteiger partial charge in [-0.15, -0.1) is 0 Å². The van der Waals surface area contributed by atoms with Gasteiger partial charge < -0.3 is 14.8 Å². The number of halogens is 1. The molecule has 1 aliphatic rings. The smallest absolute Gasteiger partial charge is 0.335 e. The highest BCUT2D eigenvalue weighted by molar-refractivity contribution is 6.32. The zero-order valence-electron chi connectivity index (χ0n) is 10.1. The minimum Gasteiger partial charge on any atom is -0.454 e. The summed E-state index contributed by atoms with van der Waals surface area (Å²) in [6.07, 6.45) is 2.43. The third-order valence-corrected chi connectivity index (χ3v) is 2.87. The fourth-order valence-electron chi connectivity index (χ4n) is 1.66. The molecule has 0 bridgehead atoms. The number of amides is 1. The van der Waals surface area contributed by atoms with E-state index in [-0.39, 0.29) is 11.8 Å². The first-order chi connectivity index (χ1) is 9.16. The van der Waals surface area contributed by atoms with Gasteiger partial charge in [0, 0.05) is 12.8 Å². The monoisotopic (exact) mass is 284 g/mol. The van der Waals surface area contributed by atoms with Crippen molar-refractivity contribution < 1.29 is 19.1 Å². The van der Waals surface area contributed by atoms with E-state index in [0.29, 0.717) is 18.7 Å². The molecule has 2 rings (SSSR count). The molecule has 6 nitrogen and oxygen atoms in total. The van der Waals surface area contributed by atoms with Gasteiger partial charge in [0.2, 0.25) is 0 Å². The Hall–Kier alpha value is -1.66. The van der Waals surface area contributed by atoms with Crippen LogP contribution in [-0.4, -0.2) is 36.2 Å². The van der Waals surface area contributed by atoms with Crippen LogP contribution in [0.2, 0.25) is 5.15 Å². The topological polar surface area (TPSA) is 77.5 Å². The predicted octanol–water partition coefficient (Wildman–Crippen LogP) is 1.40. The van der Waals surface area contributed by atoms with Crippen LogP contribution < -0.4 is 5.32 Å². The summed E-state index contributed by atoms with van der Waals surface area (Å²) in [6.45, 7) is 0.182. The molecule has 0 saturated carbocycles. The molecule has 1 saturated heterocycles. The van der Waals surface area contributed by atoms with E-state index >= 15 is 0 Å². The van der Waals surface area contributed by atoms with Gasteiger partial charge in [-0.1, -0.05) is 11.6 Å². The number of carbonyl (C=O) groups is 2. The Morgan fingerprint density at radius 1 is 1.58 bits per heavy atom. The van der Waals surface area contributed by atoms with E-state index in [1.54, 1.807) is 12.1 Å². The van der Waals surface area contributed by atoms with Gasteiger partial charge in [0.25, 0.3) is 5.91 Å². The molecule has 102 valence electrons. The second kappa shape index (κ2) is 6.49. The number of aromatic nitrogens is 1. The van der Waals surface area contributed by atoms with Crippen LogP contribution in [0.5, 0.6) is 0 Å². The molecule has 0 aromatic carbocycles. The normalized spacial score (nSPS) is 18.1. The number of pyridine rings is 1. The van der Waals surface area contributed by atoms with Crippen LogP contribution in [0.4, 0.5) is 5.69 Å². The highest BCUT2D eigenvalue weighted by atomic mass is 35.5. The summed E-state index contributed by atoms with van der Waals surface area (Å²) < 4.78 is 10.0. The molecule has 19 heavy (non-hydrogen) atoms. The van der Waals surface area contributed by atoms with Gasteiger partial charge in [0.05, 0.1) is 5.69 Å². The Labute approximate surface area is 115 Å². The van der Waals surface area contributed by atoms with Crippen molar-refractivity contribution in [2.75, 3.05) is 18.5 Å². The van der Waals surface area contributed by atoms with Crippen molar-refractivity contribution in [3.63, 3.8) is 0 Å². The Kier molecular flexibility index (Phi) is 4.70. The van der Waals surface area contributed by atoms with E-state index in [4.69, 9.17) is 21.1 Å². The van der Waals surface area contributed by atoms with Crippen LogP contribution in [-0.2, 0) is 19.1 Å². The van der Waals surface area contributed by atoms with Gasteiger partial charge in [-0.25, -0.2) is 9.78 Å². The van der Waals surface area contributed by atoms with Gasteiger partial charge in [0.15, 0.2) is 17.9 Å². The molecule has 0 aliphatic carbocycles. The fourth-order valence-corrected chi connectivity index (χ4v) is 1.83. The van der Waals surface area contributed by atoms with Gasteiger partial charge in [-0.05, 0) is 25.0 Å². The minimum absolute atomic E-state index is 0.182. The number of anilines is 1. The Morgan fingerprint density at radius 2 is 2.42 bits per heavy atom. The maximum absolute atomic E-state index is 11.6. The zero-order chi connectivity index (χ0) is 13.7. The van der Waals surface area contributed by atoms with E-state index in [9.17, 15) is 9.59 Å². The van der Waals surface area contributed by atoms with Gasteiger partial charge >= 0.3 is 5.97 Å². The Morgan fingerprint density at radius 3 is 3.11 bits per heavy atom. The highest BCUT2D eigenvalue weighted by Gasteiger charge is 2.25. The van der Waals surface area contributed by atoms with Crippen molar-refractivity contribution in [2.45, 2.75) is 18.9 Å². The lowest BCUT2D eigenvalue weighted by molar-refractivity contribution is -0.156. The zero-order valence-corrected chi connectivity index (χ0v) is 10.9. The van der Waals surface area contributed by atoms with E-state index in [1.807, 2.05) is 0 Å². The lowest BCUT2D eigenvalue weighted by Gasteiger charge is -2.10. The summed E-state index contributed by atoms with van der Waals surface area (Å²) >= 11 is 5.78. The molecule has 1 aliphatic heterocycles. The van der Waals surface area contributed by atoms with Crippen molar-refractivity contribution in [3.8, 4) is 0 Å². The highest BCUT2D eigenvalue weighted by Crippen LogP contribution is 2.17. The largest absolute Gasteiger partial charge is 0.454 e. The number of hydrogen-bond acceptors (Lipinski definition) is 5. The van der Waals surface area contributed by atoms with Crippen molar-refractivity contribution >= 4 is 29.2 Å². The summed E-state index contributed by atoms with van der Waals surface area (Å²) in [5.74, 6) is -0.980. The molecule has 1 N–H and O–H groups in total. The first-order valence-electron chi connectivity index (χ1n) is 5.85. The van der Waals surface area contributed by atoms with Crippen LogP contribution in [0.3, 0.4) is 0 Å². The third-order valence-electron chi connectivity index (χ3n) is 2.57. The lowest BCUT2D eigenvalue weighted by Crippen LogP contribution is -2.27. The van der Waals surface area contributed by atoms with E-state index in [2.05, 4.69) is 10.3 Å². The molecule has 0 spiro atoms. The van der Waals surface area contributed by atoms with Crippen LogP contribution in [0.25, 0.3) is 0 Å². The first kappa shape index (κ1) is 13.8. The number of hydrogen-bond donors (Lipinski definition) is 1. The molecule has 7 heteroatoms. The van der Waals surface area contributed by atoms with E-state index in [1.165, 1.54) is 6.20 Å². The average Bonchev–Trinajstić information content (AvgIpc) is 2.93. The van der Waals surface area contributed by atoms with Crippen LogP contribution in [0, 0.1) is 0 Å². The molecule has 1 aromatic rings. The molecule has 1 amide bonds. The third kappa shape index (κ3) is 3.90. The average molecular weight is 285 g/mol. The standard InChI is InChI=1S/C12H13ClN2O4/c13-11-8(3-1-5-14-11)15-10(16)7-19-12(17)9-4-2-6-18-9/h1,3,5,9H,2,4,6-7H2,(H,15,16)/t9-/m1/s1. The Bertz CT molecular complexity index is 475. The quantitative estimate of drug-likeness (QED) is 0.668. The molecule has 1 aromatic heterocycles. The van der Waals surface area contributed by atoms with Gasteiger partial charge in [0.1, 0.15) is 0 Å². The second-order valence-electron chi connectivity index (χ2n) is 4.00. The number of esters is 1. The number of nitrogens with one attached hydrogen (secondary N) is 1. The number of ether oxygens (including phenoxy) is 2. The predicted molar refractivity (Wildman–Crippen MR) is 67.8 cm³/mol. The summed E-state index contributed by atoms with van der Waals surface area (Å²) in [7, 11) is 0. The van der Waals surface area contributed by atoms with Crippen LogP contribution in [0.15, 0.2) is 18.3 Å². The molecule has 0 unspecified atom stereocenters. The van der Waals surface area contributed by atoms with E-state index in [0.717, 1.165) is 6.42 Å². The summed E-state index contributed by atoms with van der Waals surface area (Å²) in [5, 5.41) is 2.69. The van der Waals surface area contributed by atoms with Crippen molar-refractivity contribution in [1.29, 1.82) is 0 Å². The SMILES string of the molecule is O=C(COC(=O)[C@H]1CCCO1)Nc1cccnc1Cl. The first-order valence-corrected chi connectivity index (χ1v) is 6.23. The molecular weight excluding hydrogens is 272 g/mol. The summed E-state index contributed by atoms with van der Waals surface area (Å²) in [5.41, 5.74) is 0.377.